The molecule has 0 saturated carbocycles. The first-order chi connectivity index (χ1) is 19.1. The molecule has 6 nitrogen and oxygen atoms in total. The number of ketones is 1. The lowest BCUT2D eigenvalue weighted by Gasteiger charge is -2.29. The molecule has 0 spiro atoms. The Morgan fingerprint density at radius 3 is 2.60 bits per heavy atom. The van der Waals surface area contributed by atoms with Gasteiger partial charge in [0.05, 0.1) is 24.2 Å². The van der Waals surface area contributed by atoms with Gasteiger partial charge in [-0.05, 0) is 76.7 Å². The largest absolute Gasteiger partial charge is 0.493 e. The number of benzene rings is 2. The first kappa shape index (κ1) is 28.8. The van der Waals surface area contributed by atoms with Gasteiger partial charge >= 0.3 is 0 Å². The van der Waals surface area contributed by atoms with Gasteiger partial charge in [0.15, 0.2) is 15.6 Å². The molecule has 9 heteroatoms. The maximum atomic E-state index is 13.3. The SMILES string of the molecule is CCCC(=O)c1ccsc1-c1cc(-c2ccc3c(c2C(C)C)CCO3)cc(N(C(=O)CCl)[C@H]2CCS(=O)(=O)C2)c1. The van der Waals surface area contributed by atoms with Crippen LogP contribution in [0, 0.1) is 0 Å². The number of Topliss-reactive ketones (excluding diaryl/α,β-unsaturated/α-hetero) is 1. The van der Waals surface area contributed by atoms with Gasteiger partial charge in [-0.2, -0.15) is 0 Å². The van der Waals surface area contributed by atoms with Crippen LogP contribution in [0.4, 0.5) is 5.69 Å². The third kappa shape index (κ3) is 5.58. The van der Waals surface area contributed by atoms with E-state index in [2.05, 4.69) is 26.0 Å². The molecule has 0 unspecified atom stereocenters. The summed E-state index contributed by atoms with van der Waals surface area (Å²) in [6, 6.07) is 11.4. The lowest BCUT2D eigenvalue weighted by molar-refractivity contribution is -0.116. The summed E-state index contributed by atoms with van der Waals surface area (Å²) in [5, 5.41) is 1.92. The fraction of sp³-hybridized carbons (Fsp3) is 0.419. The van der Waals surface area contributed by atoms with Crippen LogP contribution < -0.4 is 9.64 Å². The minimum atomic E-state index is -3.25. The summed E-state index contributed by atoms with van der Waals surface area (Å²) < 4.78 is 30.7. The van der Waals surface area contributed by atoms with Crippen molar-refractivity contribution in [3.63, 3.8) is 0 Å². The fourth-order valence-corrected chi connectivity index (χ4v) is 8.70. The number of anilines is 1. The Bertz CT molecular complexity index is 1560. The molecular formula is C31H34ClNO5S2. The van der Waals surface area contributed by atoms with E-state index in [1.165, 1.54) is 22.5 Å². The number of thiophene rings is 1. The van der Waals surface area contributed by atoms with Crippen LogP contribution in [0.25, 0.3) is 21.6 Å². The minimum absolute atomic E-state index is 0.0409. The zero-order chi connectivity index (χ0) is 28.6. The molecule has 1 fully saturated rings. The quantitative estimate of drug-likeness (QED) is 0.198. The average Bonchev–Trinajstić information content (AvgIpc) is 3.67. The summed E-state index contributed by atoms with van der Waals surface area (Å²) in [5.74, 6) is 0.557. The highest BCUT2D eigenvalue weighted by Crippen LogP contribution is 2.43. The maximum absolute atomic E-state index is 13.3. The second-order valence-corrected chi connectivity index (χ2v) is 14.2. The number of rotatable bonds is 9. The highest BCUT2D eigenvalue weighted by molar-refractivity contribution is 7.91. The molecule has 2 aliphatic rings. The van der Waals surface area contributed by atoms with Gasteiger partial charge in [-0.25, -0.2) is 8.42 Å². The van der Waals surface area contributed by atoms with Gasteiger partial charge in [-0.1, -0.05) is 26.8 Å². The first-order valence-electron chi connectivity index (χ1n) is 13.8. The monoisotopic (exact) mass is 599 g/mol. The molecule has 2 aliphatic heterocycles. The highest BCUT2D eigenvalue weighted by atomic mass is 35.5. The van der Waals surface area contributed by atoms with Crippen LogP contribution in [0.3, 0.4) is 0 Å². The third-order valence-corrected chi connectivity index (χ3v) is 10.6. The molecule has 40 heavy (non-hydrogen) atoms. The van der Waals surface area contributed by atoms with Gasteiger partial charge in [0.1, 0.15) is 11.6 Å². The van der Waals surface area contributed by atoms with E-state index in [0.717, 1.165) is 40.2 Å². The summed E-state index contributed by atoms with van der Waals surface area (Å²) in [7, 11) is -3.25. The molecular weight excluding hydrogens is 566 g/mol. The van der Waals surface area contributed by atoms with Crippen LogP contribution in [0.2, 0.25) is 0 Å². The van der Waals surface area contributed by atoms with Crippen molar-refractivity contribution in [3.8, 4) is 27.3 Å². The number of halogens is 1. The van der Waals surface area contributed by atoms with Crippen molar-refractivity contribution >= 4 is 50.2 Å². The van der Waals surface area contributed by atoms with Crippen LogP contribution >= 0.6 is 22.9 Å². The van der Waals surface area contributed by atoms with Gasteiger partial charge in [-0.15, -0.1) is 22.9 Å². The molecule has 0 aliphatic carbocycles. The molecule has 0 bridgehead atoms. The Kier molecular flexibility index (Phi) is 8.41. The van der Waals surface area contributed by atoms with Crippen LogP contribution in [0.1, 0.15) is 67.4 Å². The molecule has 1 atom stereocenters. The van der Waals surface area contributed by atoms with E-state index in [-0.39, 0.29) is 35.0 Å². The highest BCUT2D eigenvalue weighted by Gasteiger charge is 2.36. The molecule has 0 radical (unpaired) electrons. The van der Waals surface area contributed by atoms with E-state index in [4.69, 9.17) is 16.3 Å². The minimum Gasteiger partial charge on any atom is -0.493 e. The van der Waals surface area contributed by atoms with E-state index in [1.54, 1.807) is 4.90 Å². The van der Waals surface area contributed by atoms with Crippen molar-refractivity contribution in [2.45, 2.75) is 58.4 Å². The Morgan fingerprint density at radius 1 is 1.15 bits per heavy atom. The summed E-state index contributed by atoms with van der Waals surface area (Å²) in [4.78, 5) is 28.7. The van der Waals surface area contributed by atoms with E-state index in [9.17, 15) is 18.0 Å². The van der Waals surface area contributed by atoms with Crippen molar-refractivity contribution in [1.29, 1.82) is 0 Å². The van der Waals surface area contributed by atoms with Gasteiger partial charge < -0.3 is 9.64 Å². The van der Waals surface area contributed by atoms with E-state index < -0.39 is 15.9 Å². The smallest absolute Gasteiger partial charge is 0.242 e. The van der Waals surface area contributed by atoms with E-state index >= 15 is 0 Å². The lowest BCUT2D eigenvalue weighted by atomic mass is 9.86. The number of amides is 1. The predicted octanol–water partition coefficient (Wildman–Crippen LogP) is 6.88. The maximum Gasteiger partial charge on any atom is 0.242 e. The van der Waals surface area contributed by atoms with Gasteiger partial charge in [0, 0.05) is 34.5 Å². The Hall–Kier alpha value is -2.68. The van der Waals surface area contributed by atoms with Crippen LogP contribution in [0.5, 0.6) is 5.75 Å². The number of ether oxygens (including phenoxy) is 1. The van der Waals surface area contributed by atoms with Gasteiger partial charge in [0.2, 0.25) is 5.91 Å². The van der Waals surface area contributed by atoms with Crippen molar-refractivity contribution in [3.05, 3.63) is 58.5 Å². The van der Waals surface area contributed by atoms with Crippen LogP contribution in [-0.4, -0.2) is 50.1 Å². The third-order valence-electron chi connectivity index (χ3n) is 7.67. The molecule has 212 valence electrons. The zero-order valence-corrected chi connectivity index (χ0v) is 25.4. The predicted molar refractivity (Wildman–Crippen MR) is 163 cm³/mol. The molecule has 0 N–H and O–H groups in total. The topological polar surface area (TPSA) is 80.8 Å². The number of hydrogen-bond donors (Lipinski definition) is 0. The van der Waals surface area contributed by atoms with Crippen LogP contribution in [0.15, 0.2) is 41.8 Å². The van der Waals surface area contributed by atoms with Crippen molar-refractivity contribution in [1.82, 2.24) is 0 Å². The Morgan fingerprint density at radius 2 is 1.93 bits per heavy atom. The summed E-state index contributed by atoms with van der Waals surface area (Å²) in [5.41, 5.74) is 6.42. The second-order valence-electron chi connectivity index (χ2n) is 10.8. The molecule has 3 aromatic rings. The summed E-state index contributed by atoms with van der Waals surface area (Å²) >= 11 is 7.57. The number of carbonyl (C=O) groups excluding carboxylic acids is 2. The number of alkyl halides is 1. The van der Waals surface area contributed by atoms with Crippen molar-refractivity contribution < 1.29 is 22.7 Å². The fourth-order valence-electron chi connectivity index (χ4n) is 5.96. The molecule has 2 aromatic carbocycles. The number of carbonyl (C=O) groups is 2. The first-order valence-corrected chi connectivity index (χ1v) is 17.0. The second kappa shape index (κ2) is 11.7. The summed E-state index contributed by atoms with van der Waals surface area (Å²) in [6.45, 7) is 6.96. The molecule has 3 heterocycles. The van der Waals surface area contributed by atoms with E-state index in [0.29, 0.717) is 30.7 Å². The molecule has 1 aromatic heterocycles. The lowest BCUT2D eigenvalue weighted by Crippen LogP contribution is -2.42. The molecule has 5 rings (SSSR count). The Labute approximate surface area is 245 Å². The molecule has 1 saturated heterocycles. The number of hydrogen-bond acceptors (Lipinski definition) is 6. The van der Waals surface area contributed by atoms with Crippen molar-refractivity contribution in [2.75, 3.05) is 28.9 Å². The normalized spacial score (nSPS) is 17.6. The summed E-state index contributed by atoms with van der Waals surface area (Å²) in [6.07, 6.45) is 2.40. The number of sulfone groups is 1. The van der Waals surface area contributed by atoms with Gasteiger partial charge in [-0.3, -0.25) is 9.59 Å². The van der Waals surface area contributed by atoms with Crippen molar-refractivity contribution in [2.24, 2.45) is 0 Å². The Balaban J connectivity index is 1.74. The average molecular weight is 600 g/mol. The van der Waals surface area contributed by atoms with Gasteiger partial charge in [0.25, 0.3) is 0 Å². The molecule has 1 amide bonds. The zero-order valence-electron chi connectivity index (χ0n) is 23.0. The number of nitrogens with zero attached hydrogens (tertiary/aromatic N) is 1. The van der Waals surface area contributed by atoms with Crippen LogP contribution in [-0.2, 0) is 21.1 Å². The van der Waals surface area contributed by atoms with E-state index in [1.807, 2.05) is 36.6 Å². The standard InChI is InChI=1S/C31H34ClNO5S2/c1-4-5-27(34)25-9-12-39-31(25)21-14-20(24-6-7-28-26(8-11-38-28)30(24)19(2)3)15-23(16-21)33(29(35)17-32)22-10-13-40(36,37)18-22/h6-7,9,12,14-16,19,22H,4-5,8,10-11,13,17-18H2,1-3H3/t22-/m0/s1. The number of fused-ring (bicyclic) bond motifs is 1.